The molecule has 0 aliphatic carbocycles. The number of nitrogens with zero attached hydrogens (tertiary/aromatic N) is 1. The van der Waals surface area contributed by atoms with Crippen LogP contribution in [0.2, 0.25) is 0 Å². The van der Waals surface area contributed by atoms with Gasteiger partial charge >= 0.3 is 0 Å². The molecule has 0 aliphatic heterocycles. The van der Waals surface area contributed by atoms with Crippen LogP contribution in [0.1, 0.15) is 26.2 Å². The summed E-state index contributed by atoms with van der Waals surface area (Å²) in [5, 5.41) is 7.77. The van der Waals surface area contributed by atoms with Crippen molar-refractivity contribution >= 4 is 9.84 Å². The molecule has 0 spiro atoms. The summed E-state index contributed by atoms with van der Waals surface area (Å²) in [6, 6.07) is 1.98. The number of hydrogen-bond donors (Lipinski definition) is 1. The Morgan fingerprint density at radius 2 is 2.08 bits per heavy atom. The van der Waals surface area contributed by atoms with Crippen LogP contribution in [0.15, 0.2) is 0 Å². The van der Waals surface area contributed by atoms with E-state index in [4.69, 9.17) is 11.0 Å². The van der Waals surface area contributed by atoms with Crippen LogP contribution in [0.5, 0.6) is 0 Å². The Morgan fingerprint density at radius 1 is 1.46 bits per heavy atom. The van der Waals surface area contributed by atoms with Crippen LogP contribution < -0.4 is 5.73 Å². The molecule has 76 valence electrons. The summed E-state index contributed by atoms with van der Waals surface area (Å²) in [6.45, 7) is 1.78. The van der Waals surface area contributed by atoms with Crippen LogP contribution >= 0.6 is 0 Å². The van der Waals surface area contributed by atoms with Crippen LogP contribution in [0, 0.1) is 11.3 Å². The van der Waals surface area contributed by atoms with Gasteiger partial charge in [0.25, 0.3) is 0 Å². The van der Waals surface area contributed by atoms with Crippen molar-refractivity contribution in [2.75, 3.05) is 12.3 Å². The molecule has 2 N–H and O–H groups in total. The van der Waals surface area contributed by atoms with E-state index in [2.05, 4.69) is 0 Å². The summed E-state index contributed by atoms with van der Waals surface area (Å²) in [5.41, 5.74) is 5.26. The first-order valence-electron chi connectivity index (χ1n) is 4.33. The molecule has 0 rings (SSSR count). The van der Waals surface area contributed by atoms with Crippen LogP contribution in [0.3, 0.4) is 0 Å². The van der Waals surface area contributed by atoms with E-state index >= 15 is 0 Å². The van der Waals surface area contributed by atoms with Crippen LogP contribution in [-0.2, 0) is 9.84 Å². The summed E-state index contributed by atoms with van der Waals surface area (Å²) in [7, 11) is -3.03. The quantitative estimate of drug-likeness (QED) is 0.636. The molecule has 0 fully saturated rings. The van der Waals surface area contributed by atoms with Crippen molar-refractivity contribution in [2.24, 2.45) is 5.73 Å². The first-order chi connectivity index (χ1) is 6.04. The number of nitrogens with two attached hydrogens (primary N) is 1. The molecule has 0 aromatic rings. The Balaban J connectivity index is 3.85. The van der Waals surface area contributed by atoms with Crippen molar-refractivity contribution in [3.8, 4) is 6.07 Å². The second-order valence-corrected chi connectivity index (χ2v) is 5.57. The molecule has 0 saturated heterocycles. The lowest BCUT2D eigenvalue weighted by atomic mass is 10.3. The third kappa shape index (κ3) is 4.86. The van der Waals surface area contributed by atoms with Crippen molar-refractivity contribution in [3.63, 3.8) is 0 Å². The smallest absolute Gasteiger partial charge is 0.154 e. The molecule has 0 bridgehead atoms. The first-order valence-corrected chi connectivity index (χ1v) is 6.04. The van der Waals surface area contributed by atoms with E-state index in [0.717, 1.165) is 0 Å². The highest BCUT2D eigenvalue weighted by Crippen LogP contribution is 2.05. The Hall–Kier alpha value is -0.600. The van der Waals surface area contributed by atoms with Crippen LogP contribution in [0.25, 0.3) is 0 Å². The topological polar surface area (TPSA) is 84.0 Å². The standard InChI is InChI=1S/C8H16N2O2S/c1-8(7-10)13(11,12)6-4-2-3-5-9/h8H,2-4,6-7,10H2,1H3. The molecule has 13 heavy (non-hydrogen) atoms. The van der Waals surface area contributed by atoms with Crippen molar-refractivity contribution in [2.45, 2.75) is 31.4 Å². The fourth-order valence-electron chi connectivity index (χ4n) is 0.855. The Bertz CT molecular complexity index is 266. The van der Waals surface area contributed by atoms with Gasteiger partial charge in [0.2, 0.25) is 0 Å². The van der Waals surface area contributed by atoms with E-state index in [-0.39, 0.29) is 12.3 Å². The summed E-state index contributed by atoms with van der Waals surface area (Å²) >= 11 is 0. The zero-order valence-electron chi connectivity index (χ0n) is 7.86. The molecule has 1 atom stereocenters. The highest BCUT2D eigenvalue weighted by molar-refractivity contribution is 7.92. The predicted molar refractivity (Wildman–Crippen MR) is 51.8 cm³/mol. The van der Waals surface area contributed by atoms with Gasteiger partial charge in [0.15, 0.2) is 9.84 Å². The monoisotopic (exact) mass is 204 g/mol. The summed E-state index contributed by atoms with van der Waals surface area (Å²) in [5.74, 6) is 0.146. The van der Waals surface area contributed by atoms with Crippen molar-refractivity contribution in [1.29, 1.82) is 5.26 Å². The van der Waals surface area contributed by atoms with Gasteiger partial charge in [0, 0.05) is 13.0 Å². The zero-order valence-corrected chi connectivity index (χ0v) is 8.68. The Kier molecular flexibility index (Phi) is 5.67. The molecular weight excluding hydrogens is 188 g/mol. The van der Waals surface area contributed by atoms with Crippen LogP contribution in [0.4, 0.5) is 0 Å². The maximum absolute atomic E-state index is 11.4. The summed E-state index contributed by atoms with van der Waals surface area (Å²) < 4.78 is 22.7. The van der Waals surface area contributed by atoms with Gasteiger partial charge in [-0.2, -0.15) is 5.26 Å². The largest absolute Gasteiger partial charge is 0.329 e. The van der Waals surface area contributed by atoms with E-state index in [9.17, 15) is 8.42 Å². The number of unbranched alkanes of at least 4 members (excludes halogenated alkanes) is 2. The second kappa shape index (κ2) is 5.95. The molecule has 0 radical (unpaired) electrons. The van der Waals surface area contributed by atoms with Gasteiger partial charge in [-0.3, -0.25) is 0 Å². The number of hydrogen-bond acceptors (Lipinski definition) is 4. The van der Waals surface area contributed by atoms with Gasteiger partial charge in [0.05, 0.1) is 17.1 Å². The predicted octanol–water partition coefficient (Wildman–Crippen LogP) is 0.442. The minimum atomic E-state index is -3.03. The minimum Gasteiger partial charge on any atom is -0.329 e. The molecule has 0 saturated carbocycles. The molecule has 0 aliphatic rings. The summed E-state index contributed by atoms with van der Waals surface area (Å²) in [4.78, 5) is 0. The molecule has 0 aromatic carbocycles. The number of nitriles is 1. The molecule has 1 unspecified atom stereocenters. The van der Waals surface area contributed by atoms with Gasteiger partial charge < -0.3 is 5.73 Å². The van der Waals surface area contributed by atoms with Gasteiger partial charge in [-0.15, -0.1) is 0 Å². The van der Waals surface area contributed by atoms with E-state index in [1.165, 1.54) is 0 Å². The number of rotatable bonds is 6. The maximum Gasteiger partial charge on any atom is 0.154 e. The van der Waals surface area contributed by atoms with Crippen molar-refractivity contribution < 1.29 is 8.42 Å². The Labute approximate surface area is 79.7 Å². The minimum absolute atomic E-state index is 0.146. The maximum atomic E-state index is 11.4. The molecule has 0 heterocycles. The van der Waals surface area contributed by atoms with E-state index < -0.39 is 15.1 Å². The van der Waals surface area contributed by atoms with Crippen LogP contribution in [-0.4, -0.2) is 26.0 Å². The first kappa shape index (κ1) is 12.4. The van der Waals surface area contributed by atoms with E-state index in [1.807, 2.05) is 6.07 Å². The van der Waals surface area contributed by atoms with E-state index in [0.29, 0.717) is 19.3 Å². The lowest BCUT2D eigenvalue weighted by Crippen LogP contribution is -2.28. The molecular formula is C8H16N2O2S. The average Bonchev–Trinajstić information content (AvgIpc) is 2.11. The fourth-order valence-corrected chi connectivity index (χ4v) is 2.16. The summed E-state index contributed by atoms with van der Waals surface area (Å²) in [6.07, 6.45) is 1.62. The van der Waals surface area contributed by atoms with Crippen molar-refractivity contribution in [3.05, 3.63) is 0 Å². The third-order valence-electron chi connectivity index (χ3n) is 1.91. The Morgan fingerprint density at radius 3 is 2.54 bits per heavy atom. The van der Waals surface area contributed by atoms with Gasteiger partial charge in [0.1, 0.15) is 0 Å². The second-order valence-electron chi connectivity index (χ2n) is 3.03. The highest BCUT2D eigenvalue weighted by atomic mass is 32.2. The van der Waals surface area contributed by atoms with Gasteiger partial charge in [-0.25, -0.2) is 8.42 Å². The zero-order chi connectivity index (χ0) is 10.3. The number of sulfone groups is 1. The highest BCUT2D eigenvalue weighted by Gasteiger charge is 2.18. The normalized spacial score (nSPS) is 13.6. The molecule has 5 heteroatoms. The fraction of sp³-hybridized carbons (Fsp3) is 0.875. The molecule has 4 nitrogen and oxygen atoms in total. The van der Waals surface area contributed by atoms with Gasteiger partial charge in [-0.1, -0.05) is 0 Å². The SMILES string of the molecule is CC(CN)S(=O)(=O)CCCCC#N. The lowest BCUT2D eigenvalue weighted by molar-refractivity contribution is 0.580. The average molecular weight is 204 g/mol. The van der Waals surface area contributed by atoms with Crippen molar-refractivity contribution in [1.82, 2.24) is 0 Å². The van der Waals surface area contributed by atoms with Gasteiger partial charge in [-0.05, 0) is 19.8 Å². The third-order valence-corrected chi connectivity index (χ3v) is 4.19. The van der Waals surface area contributed by atoms with E-state index in [1.54, 1.807) is 6.92 Å². The molecule has 0 aromatic heterocycles. The lowest BCUT2D eigenvalue weighted by Gasteiger charge is -2.09. The molecule has 0 amide bonds.